The normalized spacial score (nSPS) is 14.8. The number of nitrogens with two attached hydrogens (primary N) is 1. The van der Waals surface area contributed by atoms with Crippen LogP contribution in [0, 0.1) is 0 Å². The minimum absolute atomic E-state index is 0.00943. The third-order valence-corrected chi connectivity index (χ3v) is 2.52. The second kappa shape index (κ2) is 4.66. The molecule has 0 aromatic carbocycles. The summed E-state index contributed by atoms with van der Waals surface area (Å²) in [7, 11) is -3.44. The first-order valence-corrected chi connectivity index (χ1v) is 5.32. The van der Waals surface area contributed by atoms with E-state index in [0.717, 1.165) is 0 Å². The van der Waals surface area contributed by atoms with Crippen LogP contribution in [0.2, 0.25) is 0 Å². The largest absolute Gasteiger partial charge is 0.328 e. The Bertz CT molecular complexity index is 189. The summed E-state index contributed by atoms with van der Waals surface area (Å²) in [6.45, 7) is 1.79. The van der Waals surface area contributed by atoms with Gasteiger partial charge in [0.2, 0.25) is 0 Å². The van der Waals surface area contributed by atoms with Gasteiger partial charge in [-0.05, 0) is 19.8 Å². The van der Waals surface area contributed by atoms with Crippen LogP contribution in [0.25, 0.3) is 0 Å². The van der Waals surface area contributed by atoms with Gasteiger partial charge in [0.15, 0.2) is 15.8 Å². The van der Waals surface area contributed by atoms with Crippen LogP contribution in [-0.4, -0.2) is 26.2 Å². The van der Waals surface area contributed by atoms with E-state index in [2.05, 4.69) is 0 Å². The van der Waals surface area contributed by atoms with Crippen molar-refractivity contribution in [1.29, 1.82) is 0 Å². The molecule has 2 N–H and O–H groups in total. The monoisotopic (exact) mass is 183 g/mol. The van der Waals surface area contributed by atoms with Crippen LogP contribution in [0.5, 0.6) is 0 Å². The molecule has 0 saturated carbocycles. The van der Waals surface area contributed by atoms with Crippen LogP contribution in [0.15, 0.2) is 0 Å². The summed E-state index contributed by atoms with van der Waals surface area (Å²) in [6, 6.07) is -1.27. The molecule has 0 saturated heterocycles. The van der Waals surface area contributed by atoms with Gasteiger partial charge in [-0.3, -0.25) is 0 Å². The summed E-state index contributed by atoms with van der Waals surface area (Å²) in [4.78, 5) is 0. The average molecular weight is 183 g/mol. The molecule has 3 nitrogen and oxygen atoms in total. The van der Waals surface area contributed by atoms with E-state index in [1.807, 2.05) is 0 Å². The zero-order valence-corrected chi connectivity index (χ0v) is 7.40. The number of halogens is 1. The predicted molar refractivity (Wildman–Crippen MR) is 42.6 cm³/mol. The number of rotatable bonds is 5. The Morgan fingerprint density at radius 3 is 2.45 bits per heavy atom. The average Bonchev–Trinajstić information content (AvgIpc) is 1.87. The smallest absolute Gasteiger partial charge is 0.190 e. The Morgan fingerprint density at radius 2 is 2.09 bits per heavy atom. The van der Waals surface area contributed by atoms with Crippen LogP contribution in [0.4, 0.5) is 4.39 Å². The molecule has 0 aliphatic heterocycles. The standard InChI is InChI=1S/C6H14FNO2S/c1-6(8)3-2-4-11(9,10)5-7/h6H,2-5,8H2,1H3. The van der Waals surface area contributed by atoms with Crippen molar-refractivity contribution in [1.82, 2.24) is 0 Å². The molecular formula is C6H14FNO2S. The van der Waals surface area contributed by atoms with Gasteiger partial charge in [0.25, 0.3) is 0 Å². The van der Waals surface area contributed by atoms with Crippen LogP contribution >= 0.6 is 0 Å². The summed E-state index contributed by atoms with van der Waals surface area (Å²) in [6.07, 6.45) is 1.07. The van der Waals surface area contributed by atoms with Crippen molar-refractivity contribution in [2.24, 2.45) is 5.73 Å². The van der Waals surface area contributed by atoms with E-state index in [9.17, 15) is 12.8 Å². The van der Waals surface area contributed by atoms with E-state index < -0.39 is 15.8 Å². The zero-order chi connectivity index (χ0) is 8.91. The van der Waals surface area contributed by atoms with E-state index in [4.69, 9.17) is 5.73 Å². The van der Waals surface area contributed by atoms with E-state index in [-0.39, 0.29) is 11.8 Å². The Morgan fingerprint density at radius 1 is 1.55 bits per heavy atom. The van der Waals surface area contributed by atoms with Gasteiger partial charge in [0.05, 0.1) is 5.75 Å². The van der Waals surface area contributed by atoms with Crippen molar-refractivity contribution < 1.29 is 12.8 Å². The maximum atomic E-state index is 11.7. The van der Waals surface area contributed by atoms with Crippen molar-refractivity contribution in [3.05, 3.63) is 0 Å². The topological polar surface area (TPSA) is 60.2 Å². The second-order valence-corrected chi connectivity index (χ2v) is 4.79. The lowest BCUT2D eigenvalue weighted by molar-refractivity contribution is 0.530. The quantitative estimate of drug-likeness (QED) is 0.673. The summed E-state index contributed by atoms with van der Waals surface area (Å²) in [5, 5.41) is 0. The highest BCUT2D eigenvalue weighted by atomic mass is 32.2. The molecule has 0 heterocycles. The van der Waals surface area contributed by atoms with Gasteiger partial charge in [-0.25, -0.2) is 12.8 Å². The molecule has 68 valence electrons. The van der Waals surface area contributed by atoms with Gasteiger partial charge in [-0.15, -0.1) is 0 Å². The number of sulfone groups is 1. The van der Waals surface area contributed by atoms with Crippen molar-refractivity contribution in [3.63, 3.8) is 0 Å². The van der Waals surface area contributed by atoms with Crippen LogP contribution < -0.4 is 5.73 Å². The van der Waals surface area contributed by atoms with Gasteiger partial charge < -0.3 is 5.73 Å². The summed E-state index contributed by atoms with van der Waals surface area (Å²) in [5.74, 6) is -0.0922. The third kappa shape index (κ3) is 6.25. The summed E-state index contributed by atoms with van der Waals surface area (Å²) >= 11 is 0. The number of hydrogen-bond donors (Lipinski definition) is 1. The molecule has 5 heteroatoms. The SMILES string of the molecule is CC(N)CCCS(=O)(=O)CF. The molecule has 0 aliphatic carbocycles. The number of hydrogen-bond acceptors (Lipinski definition) is 3. The Labute approximate surface area is 66.7 Å². The van der Waals surface area contributed by atoms with Gasteiger partial charge >= 0.3 is 0 Å². The molecule has 1 unspecified atom stereocenters. The highest BCUT2D eigenvalue weighted by Crippen LogP contribution is 1.99. The molecule has 0 rings (SSSR count). The number of alkyl halides is 1. The van der Waals surface area contributed by atoms with Crippen LogP contribution in [-0.2, 0) is 9.84 Å². The fourth-order valence-electron chi connectivity index (χ4n) is 0.680. The van der Waals surface area contributed by atoms with E-state index in [1.165, 1.54) is 0 Å². The van der Waals surface area contributed by atoms with Crippen LogP contribution in [0.3, 0.4) is 0 Å². The van der Waals surface area contributed by atoms with E-state index >= 15 is 0 Å². The molecule has 0 aliphatic rings. The van der Waals surface area contributed by atoms with Gasteiger partial charge in [0.1, 0.15) is 0 Å². The first kappa shape index (κ1) is 10.8. The zero-order valence-electron chi connectivity index (χ0n) is 6.59. The highest BCUT2D eigenvalue weighted by molar-refractivity contribution is 7.91. The van der Waals surface area contributed by atoms with Crippen molar-refractivity contribution in [3.8, 4) is 0 Å². The Hall–Kier alpha value is -0.160. The van der Waals surface area contributed by atoms with Crippen molar-refractivity contribution >= 4 is 9.84 Å². The maximum absolute atomic E-state index is 11.7. The first-order valence-electron chi connectivity index (χ1n) is 3.50. The Balaban J connectivity index is 3.55. The molecule has 0 aromatic rings. The lowest BCUT2D eigenvalue weighted by Crippen LogP contribution is -2.17. The molecule has 11 heavy (non-hydrogen) atoms. The lowest BCUT2D eigenvalue weighted by Gasteiger charge is -2.02. The van der Waals surface area contributed by atoms with Crippen molar-refractivity contribution in [2.45, 2.75) is 25.8 Å². The fraction of sp³-hybridized carbons (Fsp3) is 1.00. The molecular weight excluding hydrogens is 169 g/mol. The summed E-state index contributed by atoms with van der Waals surface area (Å²) in [5.41, 5.74) is 5.37. The molecule has 0 aromatic heterocycles. The molecule has 0 bridgehead atoms. The van der Waals surface area contributed by atoms with Gasteiger partial charge in [-0.1, -0.05) is 0 Å². The maximum Gasteiger partial charge on any atom is 0.190 e. The van der Waals surface area contributed by atoms with Crippen LogP contribution in [0.1, 0.15) is 19.8 Å². The fourth-order valence-corrected chi connectivity index (χ4v) is 1.40. The summed E-state index contributed by atoms with van der Waals surface area (Å²) < 4.78 is 32.8. The highest BCUT2D eigenvalue weighted by Gasteiger charge is 2.09. The molecule has 0 amide bonds. The third-order valence-electron chi connectivity index (χ3n) is 1.28. The molecule has 0 fully saturated rings. The van der Waals surface area contributed by atoms with Gasteiger partial charge in [0, 0.05) is 6.04 Å². The molecule has 0 radical (unpaired) electrons. The predicted octanol–water partition coefficient (Wildman–Crippen LogP) is 0.456. The van der Waals surface area contributed by atoms with Gasteiger partial charge in [-0.2, -0.15) is 0 Å². The first-order chi connectivity index (χ1) is 4.98. The minimum atomic E-state index is -3.44. The second-order valence-electron chi connectivity index (χ2n) is 2.68. The molecule has 1 atom stereocenters. The molecule has 0 spiro atoms. The Kier molecular flexibility index (Phi) is 4.60. The van der Waals surface area contributed by atoms with E-state index in [0.29, 0.717) is 12.8 Å². The van der Waals surface area contributed by atoms with E-state index in [1.54, 1.807) is 6.92 Å². The minimum Gasteiger partial charge on any atom is -0.328 e. The van der Waals surface area contributed by atoms with Crippen molar-refractivity contribution in [2.75, 3.05) is 11.8 Å². The lowest BCUT2D eigenvalue weighted by atomic mass is 10.2.